The smallest absolute Gasteiger partial charge is 0.307 e. The van der Waals surface area contributed by atoms with Crippen molar-refractivity contribution in [3.63, 3.8) is 0 Å². The van der Waals surface area contributed by atoms with Crippen molar-refractivity contribution in [2.75, 3.05) is 30.4 Å². The van der Waals surface area contributed by atoms with Crippen LogP contribution in [0.15, 0.2) is 18.2 Å². The van der Waals surface area contributed by atoms with Crippen molar-refractivity contribution in [1.82, 2.24) is 0 Å². The Morgan fingerprint density at radius 2 is 2.37 bits per heavy atom. The Labute approximate surface area is 110 Å². The number of fused-ring (bicyclic) bond motifs is 1. The highest BCUT2D eigenvalue weighted by Gasteiger charge is 2.22. The van der Waals surface area contributed by atoms with Gasteiger partial charge >= 0.3 is 5.97 Å². The fourth-order valence-corrected chi connectivity index (χ4v) is 1.94. The van der Waals surface area contributed by atoms with Gasteiger partial charge in [-0.2, -0.15) is 5.26 Å². The first kappa shape index (κ1) is 12.9. The Bertz CT molecular complexity index is 563. The lowest BCUT2D eigenvalue weighted by Gasteiger charge is -2.30. The van der Waals surface area contributed by atoms with Crippen molar-refractivity contribution in [1.29, 1.82) is 5.26 Å². The average molecular weight is 259 g/mol. The van der Waals surface area contributed by atoms with Crippen LogP contribution in [0.3, 0.4) is 0 Å². The number of ether oxygens (including phenoxy) is 1. The van der Waals surface area contributed by atoms with Gasteiger partial charge in [-0.3, -0.25) is 9.59 Å². The van der Waals surface area contributed by atoms with Crippen molar-refractivity contribution >= 4 is 23.3 Å². The standard InChI is InChI=1S/C13H13N3O3/c1-19-13(18)4-5-16-8-12(17)15-10-3-2-9(7-14)6-11(10)16/h2-3,6H,4-5,8H2,1H3,(H,15,17). The number of esters is 1. The maximum Gasteiger partial charge on any atom is 0.307 e. The Hall–Kier alpha value is -2.55. The van der Waals surface area contributed by atoms with Gasteiger partial charge in [-0.1, -0.05) is 0 Å². The summed E-state index contributed by atoms with van der Waals surface area (Å²) in [7, 11) is 1.33. The van der Waals surface area contributed by atoms with E-state index in [-0.39, 0.29) is 24.8 Å². The van der Waals surface area contributed by atoms with Crippen molar-refractivity contribution in [2.24, 2.45) is 0 Å². The van der Waals surface area contributed by atoms with E-state index in [1.54, 1.807) is 23.1 Å². The highest BCUT2D eigenvalue weighted by atomic mass is 16.5. The minimum absolute atomic E-state index is 0.137. The molecule has 6 heteroatoms. The van der Waals surface area contributed by atoms with Crippen LogP contribution in [0.1, 0.15) is 12.0 Å². The van der Waals surface area contributed by atoms with Crippen molar-refractivity contribution in [3.8, 4) is 6.07 Å². The summed E-state index contributed by atoms with van der Waals surface area (Å²) in [5.41, 5.74) is 1.92. The van der Waals surface area contributed by atoms with Gasteiger partial charge in [0.05, 0.1) is 43.1 Å². The Kier molecular flexibility index (Phi) is 3.66. The summed E-state index contributed by atoms with van der Waals surface area (Å²) < 4.78 is 4.58. The number of nitriles is 1. The minimum Gasteiger partial charge on any atom is -0.469 e. The van der Waals surface area contributed by atoms with Gasteiger partial charge in [0.15, 0.2) is 0 Å². The number of benzene rings is 1. The molecule has 98 valence electrons. The molecular formula is C13H13N3O3. The molecule has 0 spiro atoms. The molecule has 1 aliphatic rings. The second kappa shape index (κ2) is 5.40. The van der Waals surface area contributed by atoms with Crippen LogP contribution in [0.25, 0.3) is 0 Å². The lowest BCUT2D eigenvalue weighted by Crippen LogP contribution is -2.39. The van der Waals surface area contributed by atoms with E-state index in [0.717, 1.165) is 5.69 Å². The number of rotatable bonds is 3. The first-order chi connectivity index (χ1) is 9.13. The molecule has 0 saturated carbocycles. The predicted molar refractivity (Wildman–Crippen MR) is 68.6 cm³/mol. The van der Waals surface area contributed by atoms with E-state index in [9.17, 15) is 9.59 Å². The maximum atomic E-state index is 11.6. The van der Waals surface area contributed by atoms with Gasteiger partial charge in [0.1, 0.15) is 0 Å². The average Bonchev–Trinajstić information content (AvgIpc) is 2.43. The van der Waals surface area contributed by atoms with Crippen LogP contribution in [0.5, 0.6) is 0 Å². The highest BCUT2D eigenvalue weighted by Crippen LogP contribution is 2.30. The summed E-state index contributed by atoms with van der Waals surface area (Å²) in [5.74, 6) is -0.467. The zero-order chi connectivity index (χ0) is 13.8. The van der Waals surface area contributed by atoms with E-state index in [1.165, 1.54) is 7.11 Å². The first-order valence-electron chi connectivity index (χ1n) is 5.80. The fraction of sp³-hybridized carbons (Fsp3) is 0.308. The topological polar surface area (TPSA) is 82.4 Å². The zero-order valence-corrected chi connectivity index (χ0v) is 10.5. The monoisotopic (exact) mass is 259 g/mol. The maximum absolute atomic E-state index is 11.6. The van der Waals surface area contributed by atoms with E-state index in [4.69, 9.17) is 5.26 Å². The van der Waals surface area contributed by atoms with Gasteiger partial charge in [0.25, 0.3) is 0 Å². The van der Waals surface area contributed by atoms with Crippen LogP contribution >= 0.6 is 0 Å². The number of hydrogen-bond donors (Lipinski definition) is 1. The minimum atomic E-state index is -0.330. The lowest BCUT2D eigenvalue weighted by molar-refractivity contribution is -0.140. The number of nitrogens with one attached hydrogen (secondary N) is 1. The molecular weight excluding hydrogens is 246 g/mol. The lowest BCUT2D eigenvalue weighted by atomic mass is 10.1. The van der Waals surface area contributed by atoms with Gasteiger partial charge < -0.3 is 15.0 Å². The first-order valence-corrected chi connectivity index (χ1v) is 5.80. The SMILES string of the molecule is COC(=O)CCN1CC(=O)Nc2ccc(C#N)cc21. The van der Waals surface area contributed by atoms with Crippen molar-refractivity contribution < 1.29 is 14.3 Å². The molecule has 19 heavy (non-hydrogen) atoms. The van der Waals surface area contributed by atoms with Crippen LogP contribution < -0.4 is 10.2 Å². The Morgan fingerprint density at radius 1 is 1.58 bits per heavy atom. The molecule has 6 nitrogen and oxygen atoms in total. The molecule has 0 fully saturated rings. The predicted octanol–water partition coefficient (Wildman–Crippen LogP) is 0.880. The summed E-state index contributed by atoms with van der Waals surface area (Å²) in [6, 6.07) is 7.09. The van der Waals surface area contributed by atoms with E-state index in [1.807, 2.05) is 0 Å². The van der Waals surface area contributed by atoms with E-state index in [0.29, 0.717) is 17.8 Å². The number of hydrogen-bond acceptors (Lipinski definition) is 5. The largest absolute Gasteiger partial charge is 0.469 e. The molecule has 1 amide bonds. The van der Waals surface area contributed by atoms with Crippen LogP contribution in [-0.2, 0) is 14.3 Å². The summed E-state index contributed by atoms with van der Waals surface area (Å²) in [5, 5.41) is 11.6. The van der Waals surface area contributed by atoms with Gasteiger partial charge in [-0.15, -0.1) is 0 Å². The molecule has 0 unspecified atom stereocenters. The van der Waals surface area contributed by atoms with Crippen LogP contribution in [0, 0.1) is 11.3 Å². The quantitative estimate of drug-likeness (QED) is 0.815. The molecule has 0 radical (unpaired) electrons. The van der Waals surface area contributed by atoms with Crippen LogP contribution in [0.4, 0.5) is 11.4 Å². The molecule has 1 N–H and O–H groups in total. The van der Waals surface area contributed by atoms with E-state index < -0.39 is 0 Å². The summed E-state index contributed by atoms with van der Waals surface area (Å²) in [6.07, 6.45) is 0.194. The molecule has 1 aromatic rings. The third-order valence-electron chi connectivity index (χ3n) is 2.89. The molecule has 1 aliphatic heterocycles. The highest BCUT2D eigenvalue weighted by molar-refractivity contribution is 6.01. The van der Waals surface area contributed by atoms with Crippen molar-refractivity contribution in [2.45, 2.75) is 6.42 Å². The third kappa shape index (κ3) is 2.83. The van der Waals surface area contributed by atoms with Crippen molar-refractivity contribution in [3.05, 3.63) is 23.8 Å². The molecule has 0 saturated heterocycles. The molecule has 0 aliphatic carbocycles. The molecule has 2 rings (SSSR count). The number of amides is 1. The number of carbonyl (C=O) groups excluding carboxylic acids is 2. The normalized spacial score (nSPS) is 13.3. The zero-order valence-electron chi connectivity index (χ0n) is 10.5. The number of methoxy groups -OCH3 is 1. The molecule has 1 heterocycles. The summed E-state index contributed by atoms with van der Waals surface area (Å²) >= 11 is 0. The Balaban J connectivity index is 2.24. The van der Waals surface area contributed by atoms with Gasteiger partial charge in [0, 0.05) is 6.54 Å². The number of anilines is 2. The van der Waals surface area contributed by atoms with Gasteiger partial charge in [-0.25, -0.2) is 0 Å². The molecule has 0 aromatic heterocycles. The fourth-order valence-electron chi connectivity index (χ4n) is 1.94. The summed E-state index contributed by atoms with van der Waals surface area (Å²) in [6.45, 7) is 0.543. The molecule has 1 aromatic carbocycles. The Morgan fingerprint density at radius 3 is 3.05 bits per heavy atom. The third-order valence-corrected chi connectivity index (χ3v) is 2.89. The van der Waals surface area contributed by atoms with Crippen LogP contribution in [0.2, 0.25) is 0 Å². The van der Waals surface area contributed by atoms with Gasteiger partial charge in [-0.05, 0) is 18.2 Å². The molecule has 0 atom stereocenters. The van der Waals surface area contributed by atoms with Gasteiger partial charge in [0.2, 0.25) is 5.91 Å². The van der Waals surface area contributed by atoms with E-state index >= 15 is 0 Å². The second-order valence-corrected chi connectivity index (χ2v) is 4.14. The second-order valence-electron chi connectivity index (χ2n) is 4.14. The number of nitrogens with zero attached hydrogens (tertiary/aromatic N) is 2. The van der Waals surface area contributed by atoms with Crippen LogP contribution in [-0.4, -0.2) is 32.1 Å². The molecule has 0 bridgehead atoms. The van der Waals surface area contributed by atoms with E-state index in [2.05, 4.69) is 16.1 Å². The number of carbonyl (C=O) groups is 2. The summed E-state index contributed by atoms with van der Waals surface area (Å²) in [4.78, 5) is 24.5.